The maximum Gasteiger partial charge on any atom is -0.00745 e. The number of nitrogens with two attached hydrogens (primary N) is 1. The molecular weight excluding hydrogens is 194 g/mol. The van der Waals surface area contributed by atoms with Crippen LogP contribution in [-0.2, 0) is 0 Å². The number of rotatable bonds is 2. The van der Waals surface area contributed by atoms with Crippen LogP contribution >= 0.6 is 0 Å². The van der Waals surface area contributed by atoms with Crippen LogP contribution in [0.4, 0.5) is 0 Å². The van der Waals surface area contributed by atoms with E-state index in [0.29, 0.717) is 0 Å². The van der Waals surface area contributed by atoms with Gasteiger partial charge in [-0.3, -0.25) is 0 Å². The first-order valence-electron chi connectivity index (χ1n) is 7.44. The van der Waals surface area contributed by atoms with Gasteiger partial charge in [-0.15, -0.1) is 0 Å². The summed E-state index contributed by atoms with van der Waals surface area (Å²) in [7, 11) is 0. The first kappa shape index (κ1) is 8.97. The van der Waals surface area contributed by atoms with Crippen LogP contribution in [0, 0.1) is 46.3 Å². The van der Waals surface area contributed by atoms with Crippen molar-refractivity contribution in [3.63, 3.8) is 0 Å². The van der Waals surface area contributed by atoms with Crippen molar-refractivity contribution >= 4 is 0 Å². The van der Waals surface area contributed by atoms with Crippen molar-refractivity contribution in [2.45, 2.75) is 39.0 Å². The van der Waals surface area contributed by atoms with Gasteiger partial charge in [-0.25, -0.2) is 0 Å². The summed E-state index contributed by atoms with van der Waals surface area (Å²) in [5.41, 5.74) is 7.52. The summed E-state index contributed by atoms with van der Waals surface area (Å²) in [5, 5.41) is 0. The molecule has 8 atom stereocenters. The molecule has 1 nitrogen and oxygen atoms in total. The zero-order valence-corrected chi connectivity index (χ0v) is 10.3. The number of hydrogen-bond donors (Lipinski definition) is 1. The van der Waals surface area contributed by atoms with Crippen molar-refractivity contribution in [3.8, 4) is 0 Å². The van der Waals surface area contributed by atoms with Crippen LogP contribution in [0.25, 0.3) is 0 Å². The van der Waals surface area contributed by atoms with Crippen LogP contribution < -0.4 is 5.73 Å². The van der Waals surface area contributed by atoms with Crippen molar-refractivity contribution in [2.75, 3.05) is 6.54 Å². The molecule has 0 amide bonds. The summed E-state index contributed by atoms with van der Waals surface area (Å²) < 4.78 is 0. The molecule has 6 unspecified atom stereocenters. The maximum atomic E-state index is 5.80. The second-order valence-electron chi connectivity index (χ2n) is 7.76. The van der Waals surface area contributed by atoms with E-state index in [2.05, 4.69) is 6.92 Å². The van der Waals surface area contributed by atoms with Crippen molar-refractivity contribution in [3.05, 3.63) is 0 Å². The summed E-state index contributed by atoms with van der Waals surface area (Å²) >= 11 is 0. The highest BCUT2D eigenvalue weighted by Crippen LogP contribution is 2.95. The summed E-state index contributed by atoms with van der Waals surface area (Å²) in [5.74, 6) is 6.80. The van der Waals surface area contributed by atoms with Gasteiger partial charge in [0.05, 0.1) is 0 Å². The van der Waals surface area contributed by atoms with Crippen LogP contribution in [0.3, 0.4) is 0 Å². The third-order valence-corrected chi connectivity index (χ3v) is 8.05. The summed E-state index contributed by atoms with van der Waals surface area (Å²) in [6, 6.07) is 0. The van der Waals surface area contributed by atoms with Crippen LogP contribution in [0.15, 0.2) is 0 Å². The number of hydrogen-bond acceptors (Lipinski definition) is 1. The smallest absolute Gasteiger partial charge is 0.00745 e. The highest BCUT2D eigenvalue weighted by atomic mass is 14.9. The lowest BCUT2D eigenvalue weighted by Crippen LogP contribution is -2.80. The standard InChI is InChI=1S/C15H23N/c1-14-4-2-9-11-6-8(3-5-16)10-7-12(14)15(10,11)13(9)14/h8-13H,2-7,16H2,1H3/t8?,9?,10?,11-,12?,13?,14-,15?/m0/s1. The van der Waals surface area contributed by atoms with Gasteiger partial charge in [0.25, 0.3) is 0 Å². The minimum Gasteiger partial charge on any atom is -0.330 e. The molecule has 2 N–H and O–H groups in total. The SMILES string of the molecule is C[C@@]12CCC3C1C14C(CC12)C(CCN)C[C@@H]34. The van der Waals surface area contributed by atoms with E-state index in [9.17, 15) is 0 Å². The molecule has 16 heavy (non-hydrogen) atoms. The third kappa shape index (κ3) is 0.556. The summed E-state index contributed by atoms with van der Waals surface area (Å²) in [6.45, 7) is 3.55. The topological polar surface area (TPSA) is 26.0 Å². The first-order valence-corrected chi connectivity index (χ1v) is 7.44. The zero-order chi connectivity index (χ0) is 10.7. The van der Waals surface area contributed by atoms with E-state index in [4.69, 9.17) is 5.73 Å². The second-order valence-corrected chi connectivity index (χ2v) is 7.76. The molecule has 0 aromatic heterocycles. The van der Waals surface area contributed by atoms with E-state index in [-0.39, 0.29) is 0 Å². The Hall–Kier alpha value is -0.0400. The molecular formula is C15H23N. The summed E-state index contributed by atoms with van der Waals surface area (Å²) in [4.78, 5) is 0. The van der Waals surface area contributed by atoms with Crippen molar-refractivity contribution in [1.82, 2.24) is 0 Å². The average Bonchev–Trinajstić information content (AvgIpc) is 2.56. The molecule has 0 heterocycles. The molecule has 5 saturated carbocycles. The monoisotopic (exact) mass is 217 g/mol. The van der Waals surface area contributed by atoms with Gasteiger partial charge in [0.1, 0.15) is 0 Å². The molecule has 0 aliphatic heterocycles. The van der Waals surface area contributed by atoms with Gasteiger partial charge in [-0.1, -0.05) is 6.92 Å². The molecule has 0 aromatic rings. The fourth-order valence-corrected chi connectivity index (χ4v) is 8.03. The van der Waals surface area contributed by atoms with E-state index >= 15 is 0 Å². The highest BCUT2D eigenvalue weighted by Gasteiger charge is 2.90. The lowest BCUT2D eigenvalue weighted by molar-refractivity contribution is -0.371. The van der Waals surface area contributed by atoms with Gasteiger partial charge >= 0.3 is 0 Å². The third-order valence-electron chi connectivity index (χ3n) is 8.05. The van der Waals surface area contributed by atoms with Gasteiger partial charge in [-0.05, 0) is 85.0 Å². The average molecular weight is 217 g/mol. The Labute approximate surface area is 98.2 Å². The van der Waals surface area contributed by atoms with E-state index in [1.807, 2.05) is 0 Å². The quantitative estimate of drug-likeness (QED) is 0.756. The molecule has 5 aliphatic rings. The molecule has 0 saturated heterocycles. The van der Waals surface area contributed by atoms with Crippen LogP contribution in [0.5, 0.6) is 0 Å². The first-order chi connectivity index (χ1) is 7.74. The van der Waals surface area contributed by atoms with Gasteiger partial charge in [0.2, 0.25) is 0 Å². The highest BCUT2D eigenvalue weighted by molar-refractivity contribution is 5.37. The molecule has 88 valence electrons. The second kappa shape index (κ2) is 2.25. The fraction of sp³-hybridized carbons (Fsp3) is 1.00. The number of fused-ring (bicyclic) bond motifs is 2. The van der Waals surface area contributed by atoms with E-state index in [1.54, 1.807) is 25.7 Å². The zero-order valence-electron chi connectivity index (χ0n) is 10.3. The maximum absolute atomic E-state index is 5.80. The van der Waals surface area contributed by atoms with E-state index < -0.39 is 0 Å². The predicted octanol–water partition coefficient (Wildman–Crippen LogP) is 2.65. The molecule has 0 aromatic carbocycles. The normalized spacial score (nSPS) is 72.4. The fourth-order valence-electron chi connectivity index (χ4n) is 8.03. The minimum absolute atomic E-state index is 0.815. The predicted molar refractivity (Wildman–Crippen MR) is 63.6 cm³/mol. The van der Waals surface area contributed by atoms with Crippen molar-refractivity contribution in [1.29, 1.82) is 0 Å². The molecule has 5 fully saturated rings. The Morgan fingerprint density at radius 2 is 2.12 bits per heavy atom. The molecule has 5 aliphatic carbocycles. The van der Waals surface area contributed by atoms with Gasteiger partial charge in [0, 0.05) is 0 Å². The molecule has 1 spiro atoms. The van der Waals surface area contributed by atoms with Crippen LogP contribution in [0.2, 0.25) is 0 Å². The van der Waals surface area contributed by atoms with E-state index in [1.165, 1.54) is 12.3 Å². The lowest BCUT2D eigenvalue weighted by Gasteiger charge is -2.84. The Bertz CT molecular complexity index is 378. The Kier molecular flexibility index (Phi) is 1.26. The Balaban J connectivity index is 1.55. The Morgan fingerprint density at radius 1 is 1.25 bits per heavy atom. The molecule has 0 bridgehead atoms. The van der Waals surface area contributed by atoms with Gasteiger partial charge in [0.15, 0.2) is 0 Å². The lowest BCUT2D eigenvalue weighted by atomic mass is 9.20. The van der Waals surface area contributed by atoms with Crippen molar-refractivity contribution in [2.24, 2.45) is 52.1 Å². The molecule has 0 radical (unpaired) electrons. The molecule has 5 rings (SSSR count). The van der Waals surface area contributed by atoms with E-state index in [0.717, 1.165) is 47.0 Å². The Morgan fingerprint density at radius 3 is 2.94 bits per heavy atom. The minimum atomic E-state index is 0.815. The van der Waals surface area contributed by atoms with Gasteiger partial charge < -0.3 is 5.73 Å². The van der Waals surface area contributed by atoms with Crippen LogP contribution in [0.1, 0.15) is 39.0 Å². The van der Waals surface area contributed by atoms with Crippen molar-refractivity contribution < 1.29 is 0 Å². The van der Waals surface area contributed by atoms with Gasteiger partial charge in [-0.2, -0.15) is 0 Å². The van der Waals surface area contributed by atoms with Crippen LogP contribution in [-0.4, -0.2) is 6.54 Å². The largest absolute Gasteiger partial charge is 0.330 e. The summed E-state index contributed by atoms with van der Waals surface area (Å²) in [6.07, 6.45) is 7.62. The molecule has 1 heteroatoms.